The van der Waals surface area contributed by atoms with Gasteiger partial charge in [-0.15, -0.1) is 0 Å². The van der Waals surface area contributed by atoms with Crippen LogP contribution in [0.25, 0.3) is 11.2 Å². The molecule has 0 saturated heterocycles. The second-order valence-electron chi connectivity index (χ2n) is 7.53. The summed E-state index contributed by atoms with van der Waals surface area (Å²) in [5, 5.41) is 2.83. The number of ether oxygens (including phenoxy) is 2. The van der Waals surface area contributed by atoms with Crippen LogP contribution in [0.1, 0.15) is 32.3 Å². The van der Waals surface area contributed by atoms with Crippen molar-refractivity contribution in [3.8, 4) is 5.75 Å². The first-order valence-corrected chi connectivity index (χ1v) is 10.6. The number of hydrogen-bond acceptors (Lipinski definition) is 7. The Morgan fingerprint density at radius 3 is 2.74 bits per heavy atom. The number of imidazole rings is 1. The molecule has 0 fully saturated rings. The number of hydrogen-bond donors (Lipinski definition) is 2. The predicted octanol–water partition coefficient (Wildman–Crippen LogP) is 3.80. The molecule has 0 aliphatic rings. The van der Waals surface area contributed by atoms with Crippen LogP contribution in [-0.4, -0.2) is 38.8 Å². The Kier molecular flexibility index (Phi) is 7.88. The number of aryl methyl sites for hydroxylation is 1. The van der Waals surface area contributed by atoms with E-state index in [1.54, 1.807) is 6.33 Å². The number of benzene rings is 1. The van der Waals surface area contributed by atoms with Gasteiger partial charge in [-0.1, -0.05) is 26.0 Å². The van der Waals surface area contributed by atoms with Gasteiger partial charge in [0.1, 0.15) is 11.3 Å². The van der Waals surface area contributed by atoms with Crippen LogP contribution in [0.2, 0.25) is 5.28 Å². The summed E-state index contributed by atoms with van der Waals surface area (Å²) in [6.07, 6.45) is 2.68. The Morgan fingerprint density at radius 1 is 1.23 bits per heavy atom. The summed E-state index contributed by atoms with van der Waals surface area (Å²) in [7, 11) is 0. The maximum absolute atomic E-state index is 11.9. The molecule has 0 spiro atoms. The van der Waals surface area contributed by atoms with E-state index in [2.05, 4.69) is 34.1 Å². The Hall–Kier alpha value is -3.07. The van der Waals surface area contributed by atoms with Gasteiger partial charge in [0.15, 0.2) is 11.5 Å². The second kappa shape index (κ2) is 10.8. The molecule has 1 aromatic carbocycles. The van der Waals surface area contributed by atoms with Gasteiger partial charge >= 0.3 is 6.09 Å². The van der Waals surface area contributed by atoms with Gasteiger partial charge < -0.3 is 25.1 Å². The number of rotatable bonds is 10. The SMILES string of the molecule is CC(C)COc1ccc(CNC(=O)OCCCCn2cnc3c(N)nc(Cl)nc32)cc1. The summed E-state index contributed by atoms with van der Waals surface area (Å²) in [6.45, 7) is 6.25. The molecule has 0 bridgehead atoms. The van der Waals surface area contributed by atoms with Crippen LogP contribution in [0.4, 0.5) is 10.6 Å². The molecule has 0 saturated carbocycles. The molecule has 1 amide bonds. The minimum atomic E-state index is -0.444. The molecule has 2 aromatic heterocycles. The molecule has 0 unspecified atom stereocenters. The Morgan fingerprint density at radius 2 is 2.00 bits per heavy atom. The molecule has 0 aliphatic carbocycles. The number of carbonyl (C=O) groups excluding carboxylic acids is 1. The normalized spacial score (nSPS) is 11.1. The average molecular weight is 447 g/mol. The maximum atomic E-state index is 11.9. The number of nitrogens with one attached hydrogen (secondary N) is 1. The lowest BCUT2D eigenvalue weighted by molar-refractivity contribution is 0.143. The van der Waals surface area contributed by atoms with E-state index in [-0.39, 0.29) is 11.1 Å². The van der Waals surface area contributed by atoms with Crippen molar-refractivity contribution >= 4 is 34.7 Å². The van der Waals surface area contributed by atoms with Gasteiger partial charge in [0.2, 0.25) is 5.28 Å². The molecular weight excluding hydrogens is 420 g/mol. The fraction of sp³-hybridized carbons (Fsp3) is 0.429. The van der Waals surface area contributed by atoms with Crippen LogP contribution < -0.4 is 15.8 Å². The third-order valence-corrected chi connectivity index (χ3v) is 4.60. The quantitative estimate of drug-likeness (QED) is 0.359. The van der Waals surface area contributed by atoms with Gasteiger partial charge in [-0.2, -0.15) is 9.97 Å². The number of alkyl carbamates (subject to hydrolysis) is 1. The highest BCUT2D eigenvalue weighted by atomic mass is 35.5. The van der Waals surface area contributed by atoms with Crippen LogP contribution in [0.5, 0.6) is 5.75 Å². The summed E-state index contributed by atoms with van der Waals surface area (Å²) in [5.74, 6) is 1.55. The first-order valence-electron chi connectivity index (χ1n) is 10.2. The molecule has 3 aromatic rings. The summed E-state index contributed by atoms with van der Waals surface area (Å²) < 4.78 is 12.7. The number of unbranched alkanes of at least 4 members (excludes halogenated alkanes) is 1. The molecular formula is C21H27ClN6O3. The lowest BCUT2D eigenvalue weighted by atomic mass is 10.2. The molecule has 31 heavy (non-hydrogen) atoms. The summed E-state index contributed by atoms with van der Waals surface area (Å²) in [5.41, 5.74) is 7.89. The zero-order chi connectivity index (χ0) is 22.2. The molecule has 166 valence electrons. The molecule has 2 heterocycles. The van der Waals surface area contributed by atoms with Crippen LogP contribution in [0.15, 0.2) is 30.6 Å². The van der Waals surface area contributed by atoms with Gasteiger partial charge in [-0.05, 0) is 48.1 Å². The molecule has 9 nitrogen and oxygen atoms in total. The number of fused-ring (bicyclic) bond motifs is 1. The molecule has 0 aliphatic heterocycles. The number of nitrogens with two attached hydrogens (primary N) is 1. The maximum Gasteiger partial charge on any atom is 0.407 e. The lowest BCUT2D eigenvalue weighted by Gasteiger charge is -2.10. The topological polar surface area (TPSA) is 117 Å². The van der Waals surface area contributed by atoms with Crippen LogP contribution in [0.3, 0.4) is 0 Å². The fourth-order valence-corrected chi connectivity index (χ4v) is 3.01. The first kappa shape index (κ1) is 22.6. The molecule has 3 N–H and O–H groups in total. The van der Waals surface area contributed by atoms with Crippen LogP contribution >= 0.6 is 11.6 Å². The monoisotopic (exact) mass is 446 g/mol. The van der Waals surface area contributed by atoms with Crippen LogP contribution in [0, 0.1) is 5.92 Å². The summed E-state index contributed by atoms with van der Waals surface area (Å²) in [4.78, 5) is 24.2. The van der Waals surface area contributed by atoms with Gasteiger partial charge in [0, 0.05) is 13.1 Å². The zero-order valence-corrected chi connectivity index (χ0v) is 18.4. The van der Waals surface area contributed by atoms with E-state index >= 15 is 0 Å². The Bertz CT molecular complexity index is 1010. The number of amides is 1. The van der Waals surface area contributed by atoms with E-state index in [1.807, 2.05) is 28.8 Å². The molecule has 10 heteroatoms. The minimum absolute atomic E-state index is 0.0875. The number of halogens is 1. The van der Waals surface area contributed by atoms with Crippen molar-refractivity contribution in [2.45, 2.75) is 39.8 Å². The Balaban J connectivity index is 1.34. The Labute approximate surface area is 185 Å². The van der Waals surface area contributed by atoms with Crippen molar-refractivity contribution in [3.63, 3.8) is 0 Å². The van der Waals surface area contributed by atoms with Crippen LogP contribution in [-0.2, 0) is 17.8 Å². The van der Waals surface area contributed by atoms with Crippen molar-refractivity contribution in [1.82, 2.24) is 24.8 Å². The van der Waals surface area contributed by atoms with Crippen molar-refractivity contribution in [2.75, 3.05) is 18.9 Å². The third kappa shape index (κ3) is 6.71. The van der Waals surface area contributed by atoms with E-state index in [9.17, 15) is 4.79 Å². The van der Waals surface area contributed by atoms with Crippen molar-refractivity contribution in [2.24, 2.45) is 5.92 Å². The standard InChI is InChI=1S/C21H27ClN6O3/c1-14(2)12-31-16-7-5-15(6-8-16)11-24-21(29)30-10-4-3-9-28-13-25-17-18(23)26-20(22)27-19(17)28/h5-8,13-14H,3-4,9-12H2,1-2H3,(H,24,29)(H2,23,26,27). The highest BCUT2D eigenvalue weighted by Gasteiger charge is 2.10. The largest absolute Gasteiger partial charge is 0.493 e. The molecule has 0 atom stereocenters. The number of carbonyl (C=O) groups is 1. The minimum Gasteiger partial charge on any atom is -0.493 e. The average Bonchev–Trinajstić information content (AvgIpc) is 3.14. The lowest BCUT2D eigenvalue weighted by Crippen LogP contribution is -2.24. The summed E-state index contributed by atoms with van der Waals surface area (Å²) in [6, 6.07) is 7.65. The van der Waals surface area contributed by atoms with Gasteiger partial charge in [-0.25, -0.2) is 9.78 Å². The smallest absolute Gasteiger partial charge is 0.407 e. The van der Waals surface area contributed by atoms with E-state index in [4.69, 9.17) is 26.8 Å². The van der Waals surface area contributed by atoms with E-state index in [0.29, 0.717) is 49.8 Å². The predicted molar refractivity (Wildman–Crippen MR) is 119 cm³/mol. The van der Waals surface area contributed by atoms with E-state index < -0.39 is 6.09 Å². The fourth-order valence-electron chi connectivity index (χ4n) is 2.84. The zero-order valence-electron chi connectivity index (χ0n) is 17.7. The van der Waals surface area contributed by atoms with Gasteiger partial charge in [0.25, 0.3) is 0 Å². The van der Waals surface area contributed by atoms with Gasteiger partial charge in [0.05, 0.1) is 19.5 Å². The molecule has 3 rings (SSSR count). The van der Waals surface area contributed by atoms with Gasteiger partial charge in [-0.3, -0.25) is 0 Å². The number of anilines is 1. The van der Waals surface area contributed by atoms with Crippen molar-refractivity contribution < 1.29 is 14.3 Å². The second-order valence-corrected chi connectivity index (χ2v) is 7.87. The highest BCUT2D eigenvalue weighted by Crippen LogP contribution is 2.18. The number of nitrogen functional groups attached to an aromatic ring is 1. The molecule has 0 radical (unpaired) electrons. The van der Waals surface area contributed by atoms with E-state index in [1.165, 1.54) is 0 Å². The van der Waals surface area contributed by atoms with Crippen molar-refractivity contribution in [3.05, 3.63) is 41.4 Å². The van der Waals surface area contributed by atoms with E-state index in [0.717, 1.165) is 17.7 Å². The number of aromatic nitrogens is 4. The number of nitrogens with zero attached hydrogens (tertiary/aromatic N) is 4. The summed E-state index contributed by atoms with van der Waals surface area (Å²) >= 11 is 5.86. The third-order valence-electron chi connectivity index (χ3n) is 4.43. The first-order chi connectivity index (χ1) is 14.9. The van der Waals surface area contributed by atoms with Crippen molar-refractivity contribution in [1.29, 1.82) is 0 Å². The highest BCUT2D eigenvalue weighted by molar-refractivity contribution is 6.28.